The molecule has 1 heterocycles. The Balaban J connectivity index is 1.79. The van der Waals surface area contributed by atoms with Crippen LogP contribution in [0.3, 0.4) is 0 Å². The quantitative estimate of drug-likeness (QED) is 0.716. The van der Waals surface area contributed by atoms with Crippen LogP contribution < -0.4 is 5.32 Å². The summed E-state index contributed by atoms with van der Waals surface area (Å²) in [7, 11) is 0. The predicted octanol–water partition coefficient (Wildman–Crippen LogP) is 3.03. The van der Waals surface area contributed by atoms with Crippen molar-refractivity contribution in [2.75, 3.05) is 13.1 Å². The first kappa shape index (κ1) is 13.4. The second-order valence-corrected chi connectivity index (χ2v) is 6.24. The molecule has 2 rings (SSSR count). The van der Waals surface area contributed by atoms with Crippen molar-refractivity contribution in [3.05, 3.63) is 0 Å². The summed E-state index contributed by atoms with van der Waals surface area (Å²) in [6.45, 7) is 9.59. The molecule has 0 spiro atoms. The Labute approximate surface area is 107 Å². The minimum absolute atomic E-state index is 0.724. The van der Waals surface area contributed by atoms with Gasteiger partial charge in [0.05, 0.1) is 0 Å². The van der Waals surface area contributed by atoms with E-state index >= 15 is 0 Å². The van der Waals surface area contributed by atoms with E-state index in [0.717, 1.165) is 24.0 Å². The molecule has 17 heavy (non-hydrogen) atoms. The van der Waals surface area contributed by atoms with Crippen molar-refractivity contribution in [2.24, 2.45) is 5.92 Å². The van der Waals surface area contributed by atoms with Crippen LogP contribution >= 0.6 is 0 Å². The fraction of sp³-hybridized carbons (Fsp3) is 1.00. The van der Waals surface area contributed by atoms with Crippen molar-refractivity contribution < 1.29 is 0 Å². The Kier molecular flexibility index (Phi) is 4.87. The van der Waals surface area contributed by atoms with Gasteiger partial charge in [-0.15, -0.1) is 0 Å². The molecule has 1 saturated carbocycles. The van der Waals surface area contributed by atoms with Gasteiger partial charge in [0.25, 0.3) is 0 Å². The smallest absolute Gasteiger partial charge is 0.0224 e. The van der Waals surface area contributed by atoms with Crippen LogP contribution in [0.25, 0.3) is 0 Å². The van der Waals surface area contributed by atoms with E-state index in [1.807, 2.05) is 0 Å². The van der Waals surface area contributed by atoms with Crippen LogP contribution in [0.15, 0.2) is 0 Å². The summed E-state index contributed by atoms with van der Waals surface area (Å²) in [5.74, 6) is 0.993. The second-order valence-electron chi connectivity index (χ2n) is 6.24. The van der Waals surface area contributed by atoms with Crippen molar-refractivity contribution in [3.8, 4) is 0 Å². The molecule has 2 nitrogen and oxygen atoms in total. The van der Waals surface area contributed by atoms with Gasteiger partial charge >= 0.3 is 0 Å². The van der Waals surface area contributed by atoms with Crippen molar-refractivity contribution in [1.29, 1.82) is 0 Å². The fourth-order valence-electron chi connectivity index (χ4n) is 3.20. The van der Waals surface area contributed by atoms with Gasteiger partial charge in [0.2, 0.25) is 0 Å². The third kappa shape index (κ3) is 3.69. The number of nitrogens with one attached hydrogen (secondary N) is 1. The van der Waals surface area contributed by atoms with E-state index in [1.54, 1.807) is 0 Å². The highest BCUT2D eigenvalue weighted by molar-refractivity contribution is 4.94. The monoisotopic (exact) mass is 238 g/mol. The third-order valence-electron chi connectivity index (χ3n) is 4.63. The SMILES string of the molecule is CCCCCC(C)N1CC(C2CC2)NCC1C. The van der Waals surface area contributed by atoms with E-state index < -0.39 is 0 Å². The lowest BCUT2D eigenvalue weighted by atomic mass is 10.0. The fourth-order valence-corrected chi connectivity index (χ4v) is 3.20. The molecular formula is C15H30N2. The molecule has 2 heteroatoms. The Hall–Kier alpha value is -0.0800. The predicted molar refractivity (Wildman–Crippen MR) is 74.3 cm³/mol. The lowest BCUT2D eigenvalue weighted by Gasteiger charge is -2.42. The Morgan fingerprint density at radius 2 is 2.06 bits per heavy atom. The van der Waals surface area contributed by atoms with E-state index in [2.05, 4.69) is 31.0 Å². The molecule has 1 aliphatic carbocycles. The first-order valence-corrected chi connectivity index (χ1v) is 7.71. The van der Waals surface area contributed by atoms with Crippen molar-refractivity contribution >= 4 is 0 Å². The maximum Gasteiger partial charge on any atom is 0.0224 e. The summed E-state index contributed by atoms with van der Waals surface area (Å²) in [4.78, 5) is 2.76. The van der Waals surface area contributed by atoms with Crippen LogP contribution in [-0.2, 0) is 0 Å². The normalized spacial score (nSPS) is 32.6. The lowest BCUT2D eigenvalue weighted by molar-refractivity contribution is 0.0870. The largest absolute Gasteiger partial charge is 0.311 e. The van der Waals surface area contributed by atoms with Gasteiger partial charge in [-0.3, -0.25) is 4.90 Å². The summed E-state index contributed by atoms with van der Waals surface area (Å²) in [5, 5.41) is 3.74. The molecule has 0 aromatic carbocycles. The number of piperazine rings is 1. The van der Waals surface area contributed by atoms with Crippen LogP contribution in [0.4, 0.5) is 0 Å². The van der Waals surface area contributed by atoms with Gasteiger partial charge in [-0.2, -0.15) is 0 Å². The number of nitrogens with zero attached hydrogens (tertiary/aromatic N) is 1. The number of hydrogen-bond donors (Lipinski definition) is 1. The first-order chi connectivity index (χ1) is 8.22. The van der Waals surface area contributed by atoms with Crippen LogP contribution in [-0.4, -0.2) is 36.1 Å². The Morgan fingerprint density at radius 1 is 1.29 bits per heavy atom. The summed E-state index contributed by atoms with van der Waals surface area (Å²) in [5.41, 5.74) is 0. The molecular weight excluding hydrogens is 208 g/mol. The van der Waals surface area contributed by atoms with Gasteiger partial charge in [-0.25, -0.2) is 0 Å². The molecule has 0 radical (unpaired) electrons. The van der Waals surface area contributed by atoms with Crippen LogP contribution in [0.5, 0.6) is 0 Å². The minimum atomic E-state index is 0.724. The summed E-state index contributed by atoms with van der Waals surface area (Å²) < 4.78 is 0. The molecule has 0 aromatic rings. The van der Waals surface area contributed by atoms with E-state index in [9.17, 15) is 0 Å². The molecule has 2 aliphatic rings. The second kappa shape index (κ2) is 6.19. The zero-order valence-corrected chi connectivity index (χ0v) is 11.9. The highest BCUT2D eigenvalue weighted by atomic mass is 15.2. The average molecular weight is 238 g/mol. The maximum absolute atomic E-state index is 3.74. The number of rotatable bonds is 6. The van der Waals surface area contributed by atoms with E-state index in [0.29, 0.717) is 0 Å². The molecule has 0 bridgehead atoms. The van der Waals surface area contributed by atoms with Crippen molar-refractivity contribution in [2.45, 2.75) is 77.4 Å². The van der Waals surface area contributed by atoms with Gasteiger partial charge in [0, 0.05) is 31.2 Å². The Morgan fingerprint density at radius 3 is 2.71 bits per heavy atom. The molecule has 100 valence electrons. The van der Waals surface area contributed by atoms with Gasteiger partial charge in [0.15, 0.2) is 0 Å². The van der Waals surface area contributed by atoms with E-state index in [1.165, 1.54) is 51.6 Å². The molecule has 2 fully saturated rings. The zero-order chi connectivity index (χ0) is 12.3. The molecule has 1 N–H and O–H groups in total. The lowest BCUT2D eigenvalue weighted by Crippen LogP contribution is -2.58. The van der Waals surface area contributed by atoms with E-state index in [4.69, 9.17) is 0 Å². The molecule has 1 saturated heterocycles. The molecule has 1 aliphatic heterocycles. The van der Waals surface area contributed by atoms with Gasteiger partial charge in [-0.1, -0.05) is 26.2 Å². The first-order valence-electron chi connectivity index (χ1n) is 7.71. The van der Waals surface area contributed by atoms with Crippen LogP contribution in [0, 0.1) is 5.92 Å². The van der Waals surface area contributed by atoms with Crippen molar-refractivity contribution in [1.82, 2.24) is 10.2 Å². The molecule has 0 amide bonds. The summed E-state index contributed by atoms with van der Waals surface area (Å²) >= 11 is 0. The summed E-state index contributed by atoms with van der Waals surface area (Å²) in [6.07, 6.45) is 8.46. The standard InChI is InChI=1S/C15H30N2/c1-4-5-6-7-12(2)17-11-15(14-8-9-14)16-10-13(17)3/h12-16H,4-11H2,1-3H3. The topological polar surface area (TPSA) is 15.3 Å². The molecule has 3 unspecified atom stereocenters. The van der Waals surface area contributed by atoms with Crippen molar-refractivity contribution in [3.63, 3.8) is 0 Å². The zero-order valence-electron chi connectivity index (χ0n) is 11.9. The highest BCUT2D eigenvalue weighted by Gasteiger charge is 2.37. The van der Waals surface area contributed by atoms with Crippen LogP contribution in [0.1, 0.15) is 59.3 Å². The highest BCUT2D eigenvalue weighted by Crippen LogP contribution is 2.34. The van der Waals surface area contributed by atoms with Crippen LogP contribution in [0.2, 0.25) is 0 Å². The van der Waals surface area contributed by atoms with Gasteiger partial charge in [-0.05, 0) is 39.0 Å². The summed E-state index contributed by atoms with van der Waals surface area (Å²) in [6, 6.07) is 2.29. The van der Waals surface area contributed by atoms with E-state index in [-0.39, 0.29) is 0 Å². The molecule has 3 atom stereocenters. The molecule has 0 aromatic heterocycles. The average Bonchev–Trinajstić information content (AvgIpc) is 3.14. The number of unbranched alkanes of at least 4 members (excludes halogenated alkanes) is 2. The third-order valence-corrected chi connectivity index (χ3v) is 4.63. The van der Waals surface area contributed by atoms with Gasteiger partial charge < -0.3 is 5.32 Å². The van der Waals surface area contributed by atoms with Gasteiger partial charge in [0.1, 0.15) is 0 Å². The Bertz CT molecular complexity index is 225. The number of hydrogen-bond acceptors (Lipinski definition) is 2. The minimum Gasteiger partial charge on any atom is -0.311 e. The maximum atomic E-state index is 3.74.